The molecule has 0 radical (unpaired) electrons. The topological polar surface area (TPSA) is 26.0 Å². The molecule has 0 aliphatic carbocycles. The molecule has 0 fully saturated rings. The van der Waals surface area contributed by atoms with Crippen LogP contribution in [0.2, 0.25) is 10.0 Å². The van der Waals surface area contributed by atoms with Crippen molar-refractivity contribution in [1.29, 1.82) is 0 Å². The van der Waals surface area contributed by atoms with Gasteiger partial charge in [0.05, 0.1) is 10.0 Å². The Balaban J connectivity index is 2.71. The van der Waals surface area contributed by atoms with E-state index in [4.69, 9.17) is 28.9 Å². The van der Waals surface area contributed by atoms with Crippen LogP contribution in [0.25, 0.3) is 0 Å². The summed E-state index contributed by atoms with van der Waals surface area (Å²) in [6.45, 7) is 2.12. The van der Waals surface area contributed by atoms with Gasteiger partial charge in [-0.1, -0.05) is 48.7 Å². The summed E-state index contributed by atoms with van der Waals surface area (Å²) in [5.74, 6) is 0. The van der Waals surface area contributed by atoms with Crippen LogP contribution in [0, 0.1) is 0 Å². The first-order chi connectivity index (χ1) is 6.65. The molecule has 0 aliphatic heterocycles. The van der Waals surface area contributed by atoms with Gasteiger partial charge < -0.3 is 5.73 Å². The van der Waals surface area contributed by atoms with Gasteiger partial charge in [0, 0.05) is 6.04 Å². The summed E-state index contributed by atoms with van der Waals surface area (Å²) in [5, 5.41) is 1.24. The summed E-state index contributed by atoms with van der Waals surface area (Å²) < 4.78 is 0. The largest absolute Gasteiger partial charge is 0.327 e. The first-order valence-corrected chi connectivity index (χ1v) is 5.59. The van der Waals surface area contributed by atoms with Crippen molar-refractivity contribution in [3.05, 3.63) is 33.8 Å². The molecule has 1 unspecified atom stereocenters. The quantitative estimate of drug-likeness (QED) is 0.842. The molecule has 0 heterocycles. The lowest BCUT2D eigenvalue weighted by atomic mass is 10.0. The molecule has 0 spiro atoms. The van der Waals surface area contributed by atoms with E-state index in [0.717, 1.165) is 24.8 Å². The van der Waals surface area contributed by atoms with E-state index in [1.54, 1.807) is 6.07 Å². The van der Waals surface area contributed by atoms with Crippen molar-refractivity contribution < 1.29 is 0 Å². The van der Waals surface area contributed by atoms with E-state index >= 15 is 0 Å². The van der Waals surface area contributed by atoms with E-state index in [2.05, 4.69) is 6.92 Å². The highest BCUT2D eigenvalue weighted by Crippen LogP contribution is 2.26. The molecule has 0 amide bonds. The smallest absolute Gasteiger partial charge is 0.0624 e. The molecule has 2 N–H and O–H groups in total. The second kappa shape index (κ2) is 5.59. The predicted molar refractivity (Wildman–Crippen MR) is 63.0 cm³/mol. The van der Waals surface area contributed by atoms with Crippen LogP contribution >= 0.6 is 23.2 Å². The van der Waals surface area contributed by atoms with Crippen molar-refractivity contribution in [2.75, 3.05) is 0 Å². The third-order valence-corrected chi connectivity index (χ3v) is 3.03. The lowest BCUT2D eigenvalue weighted by molar-refractivity contribution is 0.600. The predicted octanol–water partition coefficient (Wildman–Crippen LogP) is 3.66. The minimum atomic E-state index is 0.177. The van der Waals surface area contributed by atoms with E-state index in [1.807, 2.05) is 12.1 Å². The molecule has 0 bridgehead atoms. The van der Waals surface area contributed by atoms with E-state index in [-0.39, 0.29) is 6.04 Å². The molecule has 14 heavy (non-hydrogen) atoms. The van der Waals surface area contributed by atoms with Crippen LogP contribution in [0.15, 0.2) is 18.2 Å². The van der Waals surface area contributed by atoms with Crippen molar-refractivity contribution in [3.63, 3.8) is 0 Å². The number of rotatable bonds is 4. The van der Waals surface area contributed by atoms with Crippen LogP contribution in [0.4, 0.5) is 0 Å². The molecule has 1 atom stereocenters. The van der Waals surface area contributed by atoms with Crippen molar-refractivity contribution >= 4 is 23.2 Å². The van der Waals surface area contributed by atoms with Gasteiger partial charge in [0.15, 0.2) is 0 Å². The van der Waals surface area contributed by atoms with E-state index in [1.165, 1.54) is 0 Å². The molecule has 1 rings (SSSR count). The minimum Gasteiger partial charge on any atom is -0.327 e. The maximum absolute atomic E-state index is 6.05. The summed E-state index contributed by atoms with van der Waals surface area (Å²) >= 11 is 12.0. The average Bonchev–Trinajstić information content (AvgIpc) is 2.13. The summed E-state index contributed by atoms with van der Waals surface area (Å²) in [6.07, 6.45) is 2.91. The van der Waals surface area contributed by atoms with E-state index < -0.39 is 0 Å². The molecule has 3 heteroatoms. The molecule has 0 saturated carbocycles. The Morgan fingerprint density at radius 3 is 2.71 bits per heavy atom. The SMILES string of the molecule is CCCC(N)Cc1cccc(Cl)c1Cl. The standard InChI is InChI=1S/C11H15Cl2N/c1-2-4-9(14)7-8-5-3-6-10(12)11(8)13/h3,5-6,9H,2,4,7,14H2,1H3. The van der Waals surface area contributed by atoms with Crippen LogP contribution in [0.5, 0.6) is 0 Å². The van der Waals surface area contributed by atoms with Crippen molar-refractivity contribution in [2.45, 2.75) is 32.2 Å². The van der Waals surface area contributed by atoms with Crippen LogP contribution < -0.4 is 5.73 Å². The van der Waals surface area contributed by atoms with Gasteiger partial charge in [-0.25, -0.2) is 0 Å². The maximum Gasteiger partial charge on any atom is 0.0624 e. The first-order valence-electron chi connectivity index (χ1n) is 4.83. The highest BCUT2D eigenvalue weighted by Gasteiger charge is 2.08. The van der Waals surface area contributed by atoms with E-state index in [9.17, 15) is 0 Å². The van der Waals surface area contributed by atoms with Crippen LogP contribution in [0.3, 0.4) is 0 Å². The van der Waals surface area contributed by atoms with Gasteiger partial charge in [0.25, 0.3) is 0 Å². The summed E-state index contributed by atoms with van der Waals surface area (Å²) in [7, 11) is 0. The highest BCUT2D eigenvalue weighted by molar-refractivity contribution is 6.42. The number of nitrogens with two attached hydrogens (primary N) is 1. The lowest BCUT2D eigenvalue weighted by Crippen LogP contribution is -2.22. The van der Waals surface area contributed by atoms with Gasteiger partial charge in [-0.2, -0.15) is 0 Å². The Kier molecular flexibility index (Phi) is 4.73. The van der Waals surface area contributed by atoms with Crippen LogP contribution in [-0.2, 0) is 6.42 Å². The van der Waals surface area contributed by atoms with Gasteiger partial charge in [-0.15, -0.1) is 0 Å². The molecule has 78 valence electrons. The zero-order valence-corrected chi connectivity index (χ0v) is 9.78. The zero-order chi connectivity index (χ0) is 10.6. The Morgan fingerprint density at radius 1 is 1.36 bits per heavy atom. The normalized spacial score (nSPS) is 12.9. The zero-order valence-electron chi connectivity index (χ0n) is 8.26. The molecule has 0 saturated heterocycles. The number of hydrogen-bond donors (Lipinski definition) is 1. The fourth-order valence-corrected chi connectivity index (χ4v) is 1.86. The molecule has 0 aliphatic rings. The second-order valence-electron chi connectivity index (χ2n) is 3.47. The Morgan fingerprint density at radius 2 is 2.07 bits per heavy atom. The third-order valence-electron chi connectivity index (χ3n) is 2.17. The monoisotopic (exact) mass is 231 g/mol. The summed E-state index contributed by atoms with van der Waals surface area (Å²) in [5.41, 5.74) is 6.98. The maximum atomic E-state index is 6.05. The van der Waals surface area contributed by atoms with Gasteiger partial charge in [-0.3, -0.25) is 0 Å². The summed E-state index contributed by atoms with van der Waals surface area (Å²) in [6, 6.07) is 5.85. The Bertz CT molecular complexity index is 299. The fourth-order valence-electron chi connectivity index (χ4n) is 1.46. The van der Waals surface area contributed by atoms with Gasteiger partial charge in [0.1, 0.15) is 0 Å². The molecule has 1 aromatic carbocycles. The molecule has 1 nitrogen and oxygen atoms in total. The second-order valence-corrected chi connectivity index (χ2v) is 4.25. The van der Waals surface area contributed by atoms with Crippen molar-refractivity contribution in [1.82, 2.24) is 0 Å². The Labute approximate surface area is 95.2 Å². The van der Waals surface area contributed by atoms with E-state index in [0.29, 0.717) is 10.0 Å². The van der Waals surface area contributed by atoms with Crippen LogP contribution in [-0.4, -0.2) is 6.04 Å². The third kappa shape index (κ3) is 3.16. The van der Waals surface area contributed by atoms with Gasteiger partial charge >= 0.3 is 0 Å². The molecular weight excluding hydrogens is 217 g/mol. The number of halogens is 2. The minimum absolute atomic E-state index is 0.177. The first kappa shape index (κ1) is 11.8. The molecule has 1 aromatic rings. The summed E-state index contributed by atoms with van der Waals surface area (Å²) in [4.78, 5) is 0. The van der Waals surface area contributed by atoms with Crippen LogP contribution in [0.1, 0.15) is 25.3 Å². The Hall–Kier alpha value is -0.240. The molecule has 0 aromatic heterocycles. The van der Waals surface area contributed by atoms with Crippen molar-refractivity contribution in [3.8, 4) is 0 Å². The molecular formula is C11H15Cl2N. The average molecular weight is 232 g/mol. The van der Waals surface area contributed by atoms with Crippen molar-refractivity contribution in [2.24, 2.45) is 5.73 Å². The van der Waals surface area contributed by atoms with Gasteiger partial charge in [-0.05, 0) is 24.5 Å². The number of benzene rings is 1. The highest BCUT2D eigenvalue weighted by atomic mass is 35.5. The fraction of sp³-hybridized carbons (Fsp3) is 0.455. The number of hydrogen-bond acceptors (Lipinski definition) is 1. The van der Waals surface area contributed by atoms with Gasteiger partial charge in [0.2, 0.25) is 0 Å². The lowest BCUT2D eigenvalue weighted by Gasteiger charge is -2.11.